The fourth-order valence-electron chi connectivity index (χ4n) is 1.85. The molecule has 0 saturated heterocycles. The Morgan fingerprint density at radius 1 is 1.09 bits per heavy atom. The Morgan fingerprint density at radius 2 is 1.74 bits per heavy atom. The van der Waals surface area contributed by atoms with Crippen molar-refractivity contribution < 1.29 is 4.79 Å². The molecule has 0 saturated carbocycles. The summed E-state index contributed by atoms with van der Waals surface area (Å²) in [5, 5.41) is 4.14. The summed E-state index contributed by atoms with van der Waals surface area (Å²) in [6.07, 6.45) is 0.651. The van der Waals surface area contributed by atoms with Gasteiger partial charge in [-0.1, -0.05) is 52.5 Å². The third-order valence-corrected chi connectivity index (χ3v) is 4.21. The van der Waals surface area contributed by atoms with Gasteiger partial charge in [0.15, 0.2) is 0 Å². The van der Waals surface area contributed by atoms with Crippen molar-refractivity contribution in [1.29, 1.82) is 0 Å². The average Bonchev–Trinajstić information content (AvgIpc) is 2.47. The first kappa shape index (κ1) is 18.1. The van der Waals surface area contributed by atoms with E-state index in [0.717, 1.165) is 5.56 Å². The van der Waals surface area contributed by atoms with Crippen LogP contribution in [0.4, 0.5) is 10.5 Å². The smallest absolute Gasteiger partial charge is 0.321 e. The summed E-state index contributed by atoms with van der Waals surface area (Å²) >= 11 is 23.4. The highest BCUT2D eigenvalue weighted by Crippen LogP contribution is 2.23. The summed E-state index contributed by atoms with van der Waals surface area (Å²) in [6, 6.07) is 8.18. The van der Waals surface area contributed by atoms with E-state index in [1.165, 1.54) is 12.1 Å². The summed E-state index contributed by atoms with van der Waals surface area (Å²) in [7, 11) is 1.69. The molecule has 1 heterocycles. The van der Waals surface area contributed by atoms with Gasteiger partial charge in [-0.25, -0.2) is 9.78 Å². The number of amides is 2. The second-order valence-electron chi connectivity index (χ2n) is 4.85. The molecule has 122 valence electrons. The zero-order chi connectivity index (χ0) is 17.0. The van der Waals surface area contributed by atoms with E-state index < -0.39 is 0 Å². The number of urea groups is 1. The first-order valence-electron chi connectivity index (χ1n) is 6.64. The van der Waals surface area contributed by atoms with Gasteiger partial charge in [0.1, 0.15) is 10.3 Å². The van der Waals surface area contributed by atoms with Gasteiger partial charge < -0.3 is 10.2 Å². The third kappa shape index (κ3) is 5.43. The minimum atomic E-state index is -0.275. The SMILES string of the molecule is CN(CCc1ccc(Cl)c(Cl)c1)C(=O)Nc1cc(Cl)nc(Cl)c1. The number of nitrogens with zero attached hydrogens (tertiary/aromatic N) is 2. The van der Waals surface area contributed by atoms with Gasteiger partial charge in [-0.05, 0) is 36.2 Å². The van der Waals surface area contributed by atoms with Gasteiger partial charge in [0.2, 0.25) is 0 Å². The van der Waals surface area contributed by atoms with Gasteiger partial charge in [0.05, 0.1) is 10.0 Å². The Kier molecular flexibility index (Phi) is 6.36. The van der Waals surface area contributed by atoms with Crippen LogP contribution in [-0.2, 0) is 6.42 Å². The maximum Gasteiger partial charge on any atom is 0.321 e. The Hall–Kier alpha value is -1.20. The molecule has 0 fully saturated rings. The fraction of sp³-hybridized carbons (Fsp3) is 0.200. The van der Waals surface area contributed by atoms with Crippen molar-refractivity contribution >= 4 is 58.1 Å². The number of anilines is 1. The van der Waals surface area contributed by atoms with Crippen LogP contribution in [-0.4, -0.2) is 29.5 Å². The molecule has 2 rings (SSSR count). The number of hydrogen-bond donors (Lipinski definition) is 1. The number of rotatable bonds is 4. The lowest BCUT2D eigenvalue weighted by atomic mass is 10.1. The van der Waals surface area contributed by atoms with Gasteiger partial charge in [0.25, 0.3) is 0 Å². The lowest BCUT2D eigenvalue weighted by molar-refractivity contribution is 0.223. The molecule has 0 spiro atoms. The second-order valence-corrected chi connectivity index (χ2v) is 6.44. The van der Waals surface area contributed by atoms with E-state index in [0.29, 0.717) is 28.7 Å². The third-order valence-electron chi connectivity index (χ3n) is 3.08. The van der Waals surface area contributed by atoms with Gasteiger partial charge in [-0.3, -0.25) is 0 Å². The molecule has 0 radical (unpaired) electrons. The molecule has 4 nitrogen and oxygen atoms in total. The van der Waals surface area contributed by atoms with Crippen LogP contribution in [0.25, 0.3) is 0 Å². The first-order valence-corrected chi connectivity index (χ1v) is 8.15. The van der Waals surface area contributed by atoms with Crippen LogP contribution >= 0.6 is 46.4 Å². The zero-order valence-electron chi connectivity index (χ0n) is 12.1. The molecule has 1 aromatic heterocycles. The highest BCUT2D eigenvalue weighted by Gasteiger charge is 2.10. The van der Waals surface area contributed by atoms with Crippen molar-refractivity contribution in [3.05, 3.63) is 56.2 Å². The lowest BCUT2D eigenvalue weighted by Gasteiger charge is -2.18. The fourth-order valence-corrected chi connectivity index (χ4v) is 2.63. The number of nitrogens with one attached hydrogen (secondary N) is 1. The normalized spacial score (nSPS) is 10.5. The summed E-state index contributed by atoms with van der Waals surface area (Å²) in [5.74, 6) is 0. The van der Waals surface area contributed by atoms with Crippen molar-refractivity contribution in [2.24, 2.45) is 0 Å². The predicted molar refractivity (Wildman–Crippen MR) is 96.1 cm³/mol. The van der Waals surface area contributed by atoms with Crippen LogP contribution in [0.1, 0.15) is 5.56 Å². The molecular weight excluding hydrogens is 380 g/mol. The van der Waals surface area contributed by atoms with E-state index >= 15 is 0 Å². The van der Waals surface area contributed by atoms with Crippen LogP contribution in [0.3, 0.4) is 0 Å². The number of carbonyl (C=O) groups is 1. The van der Waals surface area contributed by atoms with Crippen LogP contribution in [0.15, 0.2) is 30.3 Å². The van der Waals surface area contributed by atoms with Crippen LogP contribution in [0.2, 0.25) is 20.4 Å². The number of benzene rings is 1. The monoisotopic (exact) mass is 391 g/mol. The second kappa shape index (κ2) is 8.06. The van der Waals surface area contributed by atoms with Crippen LogP contribution in [0.5, 0.6) is 0 Å². The molecular formula is C15H13Cl4N3O. The number of pyridine rings is 1. The van der Waals surface area contributed by atoms with Crippen molar-refractivity contribution in [3.8, 4) is 0 Å². The molecule has 8 heteroatoms. The molecule has 0 bridgehead atoms. The van der Waals surface area contributed by atoms with E-state index in [4.69, 9.17) is 46.4 Å². The maximum atomic E-state index is 12.1. The Morgan fingerprint density at radius 3 is 2.35 bits per heavy atom. The maximum absolute atomic E-state index is 12.1. The standard InChI is InChI=1S/C15H13Cl4N3O/c1-22(5-4-9-2-3-11(16)12(17)6-9)15(23)20-10-7-13(18)21-14(19)8-10/h2-3,6-8H,4-5H2,1H3,(H,20,21,23). The Bertz CT molecular complexity index is 704. The minimum Gasteiger partial charge on any atom is -0.327 e. The van der Waals surface area contributed by atoms with E-state index in [-0.39, 0.29) is 16.3 Å². The van der Waals surface area contributed by atoms with Crippen molar-refractivity contribution in [1.82, 2.24) is 9.88 Å². The molecule has 2 aromatic rings. The van der Waals surface area contributed by atoms with Crippen LogP contribution in [0, 0.1) is 0 Å². The number of hydrogen-bond acceptors (Lipinski definition) is 2. The van der Waals surface area contributed by atoms with Crippen molar-refractivity contribution in [2.45, 2.75) is 6.42 Å². The highest BCUT2D eigenvalue weighted by atomic mass is 35.5. The molecule has 0 aliphatic heterocycles. The molecule has 0 aliphatic carbocycles. The topological polar surface area (TPSA) is 45.2 Å². The first-order chi connectivity index (χ1) is 10.8. The summed E-state index contributed by atoms with van der Waals surface area (Å²) in [6.45, 7) is 0.510. The number of halogens is 4. The van der Waals surface area contributed by atoms with Gasteiger partial charge in [-0.15, -0.1) is 0 Å². The zero-order valence-corrected chi connectivity index (χ0v) is 15.1. The molecule has 1 aromatic carbocycles. The summed E-state index contributed by atoms with van der Waals surface area (Å²) < 4.78 is 0. The largest absolute Gasteiger partial charge is 0.327 e. The number of likely N-dealkylation sites (N-methyl/N-ethyl adjacent to an activating group) is 1. The molecule has 0 atom stereocenters. The number of aromatic nitrogens is 1. The Balaban J connectivity index is 1.93. The minimum absolute atomic E-state index is 0.214. The quantitative estimate of drug-likeness (QED) is 0.707. The van der Waals surface area contributed by atoms with Gasteiger partial charge in [0, 0.05) is 19.3 Å². The molecule has 2 amide bonds. The van der Waals surface area contributed by atoms with E-state index in [9.17, 15) is 4.79 Å². The van der Waals surface area contributed by atoms with Crippen molar-refractivity contribution in [2.75, 3.05) is 18.9 Å². The van der Waals surface area contributed by atoms with E-state index in [1.807, 2.05) is 6.07 Å². The van der Waals surface area contributed by atoms with Crippen molar-refractivity contribution in [3.63, 3.8) is 0 Å². The van der Waals surface area contributed by atoms with E-state index in [2.05, 4.69) is 10.3 Å². The number of carbonyl (C=O) groups excluding carboxylic acids is 1. The predicted octanol–water partition coefficient (Wildman–Crippen LogP) is 5.40. The molecule has 0 aliphatic rings. The van der Waals surface area contributed by atoms with E-state index in [1.54, 1.807) is 24.1 Å². The van der Waals surface area contributed by atoms with Crippen LogP contribution < -0.4 is 5.32 Å². The van der Waals surface area contributed by atoms with Gasteiger partial charge in [-0.2, -0.15) is 0 Å². The van der Waals surface area contributed by atoms with Gasteiger partial charge >= 0.3 is 6.03 Å². The Labute approximate surface area is 154 Å². The lowest BCUT2D eigenvalue weighted by Crippen LogP contribution is -2.33. The average molecular weight is 393 g/mol. The molecule has 1 N–H and O–H groups in total. The highest BCUT2D eigenvalue weighted by molar-refractivity contribution is 6.42. The summed E-state index contributed by atoms with van der Waals surface area (Å²) in [4.78, 5) is 17.5. The molecule has 23 heavy (non-hydrogen) atoms. The summed E-state index contributed by atoms with van der Waals surface area (Å²) in [5.41, 5.74) is 1.48. The molecule has 0 unspecified atom stereocenters.